The molecule has 3 aromatic carbocycles. The van der Waals surface area contributed by atoms with E-state index < -0.39 is 0 Å². The van der Waals surface area contributed by atoms with Gasteiger partial charge in [0.25, 0.3) is 0 Å². The molecule has 2 bridgehead atoms. The highest BCUT2D eigenvalue weighted by molar-refractivity contribution is 5.90. The lowest BCUT2D eigenvalue weighted by Gasteiger charge is -2.58. The Hall–Kier alpha value is -3.76. The molecule has 3 aliphatic heterocycles. The van der Waals surface area contributed by atoms with Crippen LogP contribution in [0.3, 0.4) is 0 Å². The first-order valence-corrected chi connectivity index (χ1v) is 13.3. The van der Waals surface area contributed by atoms with E-state index in [0.717, 1.165) is 47.0 Å². The molecule has 5 atom stereocenters. The van der Waals surface area contributed by atoms with E-state index in [1.165, 1.54) is 12.0 Å². The zero-order chi connectivity index (χ0) is 25.2. The van der Waals surface area contributed by atoms with Gasteiger partial charge in [0.2, 0.25) is 0 Å². The molecule has 37 heavy (non-hydrogen) atoms. The minimum atomic E-state index is -0.377. The van der Waals surface area contributed by atoms with Crippen LogP contribution in [0.15, 0.2) is 110 Å². The van der Waals surface area contributed by atoms with Gasteiger partial charge in [-0.2, -0.15) is 0 Å². The lowest BCUT2D eigenvalue weighted by atomic mass is 9.71. The van der Waals surface area contributed by atoms with Crippen molar-refractivity contribution in [1.29, 1.82) is 0 Å². The maximum absolute atomic E-state index is 13.5. The Morgan fingerprint density at radius 2 is 1.73 bits per heavy atom. The second-order valence-electron chi connectivity index (χ2n) is 10.6. The number of pyridine rings is 1. The summed E-state index contributed by atoms with van der Waals surface area (Å²) in [5.74, 6) is 0.768. The van der Waals surface area contributed by atoms with E-state index >= 15 is 0 Å². The molecule has 7 rings (SSSR count). The van der Waals surface area contributed by atoms with Crippen LogP contribution in [0.4, 0.5) is 0 Å². The number of carbonyl (C=O) groups excluding carboxylic acids is 1. The topological polar surface area (TPSA) is 39.2 Å². The quantitative estimate of drug-likeness (QED) is 0.164. The van der Waals surface area contributed by atoms with Gasteiger partial charge < -0.3 is 9.22 Å². The number of piperidine rings is 3. The third-order valence-electron chi connectivity index (χ3n) is 8.60. The Balaban J connectivity index is 1.47. The number of rotatable bonds is 7. The lowest BCUT2D eigenvalue weighted by molar-refractivity contribution is -0.984. The molecule has 3 fully saturated rings. The number of quaternary nitrogens is 1. The first-order valence-electron chi connectivity index (χ1n) is 13.3. The van der Waals surface area contributed by atoms with E-state index in [0.29, 0.717) is 17.4 Å². The summed E-state index contributed by atoms with van der Waals surface area (Å²) in [6.45, 7) is 7.22. The zero-order valence-corrected chi connectivity index (χ0v) is 21.1. The maximum atomic E-state index is 13.5. The smallest absolute Gasteiger partial charge is 0.338 e. The van der Waals surface area contributed by atoms with Crippen molar-refractivity contribution in [2.24, 2.45) is 11.8 Å². The number of fused-ring (bicyclic) bond motifs is 4. The number of esters is 1. The number of para-hydroxylation sites is 1. The number of hydrogen-bond acceptors (Lipinski definition) is 3. The monoisotopic (exact) mass is 489 g/mol. The van der Waals surface area contributed by atoms with E-state index in [9.17, 15) is 4.79 Å². The Bertz CT molecular complexity index is 1400. The molecule has 4 heteroatoms. The summed E-state index contributed by atoms with van der Waals surface area (Å²) < 4.78 is 7.45. The van der Waals surface area contributed by atoms with Crippen molar-refractivity contribution in [3.8, 4) is 0 Å². The maximum Gasteiger partial charge on any atom is 0.338 e. The van der Waals surface area contributed by atoms with E-state index in [1.54, 1.807) is 0 Å². The highest BCUT2D eigenvalue weighted by Gasteiger charge is 2.55. The standard InChI is InChI=1S/C33H33N2O2/c1-2-25-23-35(22-24-11-5-3-6-12-24)20-18-27(25)21-31(35)32(37-33(36)26-13-7-4-8-14-26)29-17-19-34-30-16-10-9-15-28(29)30/h2-17,19,25,27,31-32H,1,18,20-23H2/q+1/t25-,27-,31-,32+,35?/m0/s1. The summed E-state index contributed by atoms with van der Waals surface area (Å²) in [4.78, 5) is 18.1. The predicted octanol–water partition coefficient (Wildman–Crippen LogP) is 6.74. The molecule has 4 heterocycles. The molecule has 4 aromatic rings. The van der Waals surface area contributed by atoms with Crippen LogP contribution in [0.1, 0.15) is 40.4 Å². The van der Waals surface area contributed by atoms with Crippen molar-refractivity contribution in [3.63, 3.8) is 0 Å². The predicted molar refractivity (Wildman–Crippen MR) is 147 cm³/mol. The number of aromatic nitrogens is 1. The zero-order valence-electron chi connectivity index (χ0n) is 21.1. The first kappa shape index (κ1) is 23.6. The minimum absolute atomic E-state index is 0.147. The van der Waals surface area contributed by atoms with Crippen molar-refractivity contribution in [2.45, 2.75) is 31.5 Å². The normalized spacial score (nSPS) is 25.5. The minimum Gasteiger partial charge on any atom is -0.447 e. The summed E-state index contributed by atoms with van der Waals surface area (Å²) in [5.41, 5.74) is 3.88. The molecule has 186 valence electrons. The summed E-state index contributed by atoms with van der Waals surface area (Å²) >= 11 is 0. The average Bonchev–Trinajstić information content (AvgIpc) is 2.96. The summed E-state index contributed by atoms with van der Waals surface area (Å²) in [6.07, 6.45) is 5.82. The van der Waals surface area contributed by atoms with Crippen molar-refractivity contribution in [2.75, 3.05) is 13.1 Å². The Morgan fingerprint density at radius 3 is 2.51 bits per heavy atom. The Morgan fingerprint density at radius 1 is 1.00 bits per heavy atom. The first-order chi connectivity index (χ1) is 18.2. The fraction of sp³-hybridized carbons (Fsp3) is 0.273. The van der Waals surface area contributed by atoms with Gasteiger partial charge in [-0.25, -0.2) is 4.79 Å². The molecule has 0 N–H and O–H groups in total. The molecule has 3 saturated heterocycles. The molecular weight excluding hydrogens is 456 g/mol. The second-order valence-corrected chi connectivity index (χ2v) is 10.6. The highest BCUT2D eigenvalue weighted by Crippen LogP contribution is 2.49. The summed E-state index contributed by atoms with van der Waals surface area (Å²) in [5, 5.41) is 1.05. The van der Waals surface area contributed by atoms with Gasteiger partial charge in [-0.15, -0.1) is 6.58 Å². The molecule has 3 aliphatic rings. The largest absolute Gasteiger partial charge is 0.447 e. The van der Waals surface area contributed by atoms with Crippen LogP contribution < -0.4 is 0 Å². The summed E-state index contributed by atoms with van der Waals surface area (Å²) in [7, 11) is 0. The van der Waals surface area contributed by atoms with Crippen LogP contribution in [0.5, 0.6) is 0 Å². The molecule has 4 nitrogen and oxygen atoms in total. The van der Waals surface area contributed by atoms with Crippen LogP contribution in [-0.2, 0) is 11.3 Å². The van der Waals surface area contributed by atoms with E-state index in [-0.39, 0.29) is 18.1 Å². The number of ether oxygens (including phenoxy) is 1. The number of hydrogen-bond donors (Lipinski definition) is 0. The van der Waals surface area contributed by atoms with E-state index in [4.69, 9.17) is 4.74 Å². The fourth-order valence-electron chi connectivity index (χ4n) is 6.78. The van der Waals surface area contributed by atoms with Gasteiger partial charge in [-0.05, 0) is 30.2 Å². The van der Waals surface area contributed by atoms with Gasteiger partial charge in [0.05, 0.1) is 24.2 Å². The molecule has 0 radical (unpaired) electrons. The number of carbonyl (C=O) groups is 1. The van der Waals surface area contributed by atoms with E-state index in [2.05, 4.69) is 60.1 Å². The van der Waals surface area contributed by atoms with Crippen molar-refractivity contribution in [1.82, 2.24) is 4.98 Å². The van der Waals surface area contributed by atoms with Gasteiger partial charge in [0, 0.05) is 41.5 Å². The lowest BCUT2D eigenvalue weighted by Crippen LogP contribution is -2.67. The van der Waals surface area contributed by atoms with Crippen molar-refractivity contribution in [3.05, 3.63) is 127 Å². The highest BCUT2D eigenvalue weighted by atomic mass is 16.5. The Kier molecular flexibility index (Phi) is 6.35. The van der Waals surface area contributed by atoms with Gasteiger partial charge in [-0.1, -0.05) is 72.8 Å². The SMILES string of the molecule is C=C[C@H]1C[N+]2(Cc3ccccc3)CC[C@H]1C[C@H]2[C@H](OC(=O)c1ccccc1)c1ccnc2ccccc12. The molecule has 1 aromatic heterocycles. The number of nitrogens with zero attached hydrogens (tertiary/aromatic N) is 2. The third kappa shape index (κ3) is 4.47. The van der Waals surface area contributed by atoms with Crippen LogP contribution >= 0.6 is 0 Å². The molecular formula is C33H33N2O2+. The second kappa shape index (κ2) is 9.95. The van der Waals surface area contributed by atoms with Crippen LogP contribution in [0.25, 0.3) is 10.9 Å². The number of benzene rings is 3. The van der Waals surface area contributed by atoms with Gasteiger partial charge in [0.1, 0.15) is 12.6 Å². The molecule has 0 spiro atoms. The van der Waals surface area contributed by atoms with Gasteiger partial charge in [0.15, 0.2) is 6.10 Å². The van der Waals surface area contributed by atoms with E-state index in [1.807, 2.05) is 54.7 Å². The van der Waals surface area contributed by atoms with Crippen LogP contribution in [-0.4, -0.2) is 34.6 Å². The average molecular weight is 490 g/mol. The Labute approximate surface area is 218 Å². The molecule has 0 amide bonds. The van der Waals surface area contributed by atoms with Crippen LogP contribution in [0, 0.1) is 11.8 Å². The fourth-order valence-corrected chi connectivity index (χ4v) is 6.78. The molecule has 1 unspecified atom stereocenters. The van der Waals surface area contributed by atoms with Crippen LogP contribution in [0.2, 0.25) is 0 Å². The summed E-state index contributed by atoms with van der Waals surface area (Å²) in [6, 6.07) is 30.5. The van der Waals surface area contributed by atoms with Gasteiger partial charge in [-0.3, -0.25) is 4.98 Å². The third-order valence-corrected chi connectivity index (χ3v) is 8.60. The van der Waals surface area contributed by atoms with Gasteiger partial charge >= 0.3 is 5.97 Å². The van der Waals surface area contributed by atoms with Crippen molar-refractivity contribution >= 4 is 16.9 Å². The van der Waals surface area contributed by atoms with Crippen molar-refractivity contribution < 1.29 is 14.0 Å². The molecule has 0 aliphatic carbocycles. The molecule has 0 saturated carbocycles.